The van der Waals surface area contributed by atoms with E-state index < -0.39 is 6.03 Å². The minimum Gasteiger partial charge on any atom is -0.495 e. The molecule has 3 amide bonds. The van der Waals surface area contributed by atoms with Crippen LogP contribution in [0.25, 0.3) is 0 Å². The molecule has 9 nitrogen and oxygen atoms in total. The van der Waals surface area contributed by atoms with Crippen LogP contribution in [-0.2, 0) is 6.54 Å². The molecule has 0 atom stereocenters. The minimum atomic E-state index is -0.484. The molecule has 1 fully saturated rings. The van der Waals surface area contributed by atoms with Crippen LogP contribution in [0.2, 0.25) is 0 Å². The second kappa shape index (κ2) is 12.1. The summed E-state index contributed by atoms with van der Waals surface area (Å²) in [5.41, 5.74) is 3.00. The number of benzene rings is 2. The second-order valence-corrected chi connectivity index (χ2v) is 8.95. The van der Waals surface area contributed by atoms with Crippen LogP contribution in [0.1, 0.15) is 34.5 Å². The van der Waals surface area contributed by atoms with Crippen LogP contribution in [0.3, 0.4) is 0 Å². The molecule has 0 aliphatic carbocycles. The van der Waals surface area contributed by atoms with E-state index >= 15 is 0 Å². The lowest BCUT2D eigenvalue weighted by molar-refractivity contribution is 0.0935. The van der Waals surface area contributed by atoms with Gasteiger partial charge in [-0.1, -0.05) is 30.3 Å². The summed E-state index contributed by atoms with van der Waals surface area (Å²) in [4.78, 5) is 35.8. The largest absolute Gasteiger partial charge is 0.495 e. The van der Waals surface area contributed by atoms with Crippen molar-refractivity contribution in [2.45, 2.75) is 26.3 Å². The van der Waals surface area contributed by atoms with Gasteiger partial charge in [0.15, 0.2) is 5.82 Å². The average Bonchev–Trinajstić information content (AvgIpc) is 2.90. The first-order valence-corrected chi connectivity index (χ1v) is 12.1. The zero-order chi connectivity index (χ0) is 25.3. The number of likely N-dealkylation sites (tertiary alicyclic amines) is 1. The summed E-state index contributed by atoms with van der Waals surface area (Å²) in [6.45, 7) is 5.48. The number of aromatic nitrogens is 2. The predicted molar refractivity (Wildman–Crippen MR) is 139 cm³/mol. The van der Waals surface area contributed by atoms with Gasteiger partial charge in [0.2, 0.25) is 0 Å². The molecular formula is C27H32N6O3. The predicted octanol–water partition coefficient (Wildman–Crippen LogP) is 4.08. The molecule has 188 valence electrons. The van der Waals surface area contributed by atoms with E-state index in [-0.39, 0.29) is 5.91 Å². The highest BCUT2D eigenvalue weighted by Crippen LogP contribution is 2.26. The molecule has 2 aromatic carbocycles. The molecule has 1 saturated heterocycles. The fraction of sp³-hybridized carbons (Fsp3) is 0.333. The number of aryl methyl sites for hydroxylation is 1. The Labute approximate surface area is 211 Å². The second-order valence-electron chi connectivity index (χ2n) is 8.95. The summed E-state index contributed by atoms with van der Waals surface area (Å²) in [5.74, 6) is 1.02. The third-order valence-corrected chi connectivity index (χ3v) is 6.24. The van der Waals surface area contributed by atoms with Crippen LogP contribution in [-0.4, -0.2) is 53.6 Å². The average molecular weight is 489 g/mol. The number of nitrogens with one attached hydrogen (secondary N) is 3. The number of hydrogen-bond acceptors (Lipinski definition) is 6. The summed E-state index contributed by atoms with van der Waals surface area (Å²) in [5, 5.41) is 8.39. The molecule has 1 aliphatic rings. The number of hydrogen-bond donors (Lipinski definition) is 3. The molecule has 0 radical (unpaired) electrons. The highest BCUT2D eigenvalue weighted by molar-refractivity contribution is 6.01. The Balaban J connectivity index is 1.25. The fourth-order valence-corrected chi connectivity index (χ4v) is 4.19. The maximum absolute atomic E-state index is 12.8. The van der Waals surface area contributed by atoms with Crippen molar-refractivity contribution < 1.29 is 14.3 Å². The number of piperidine rings is 1. The Hall–Kier alpha value is -3.98. The summed E-state index contributed by atoms with van der Waals surface area (Å²) < 4.78 is 5.40. The van der Waals surface area contributed by atoms with Crippen molar-refractivity contribution in [2.75, 3.05) is 37.4 Å². The number of urea groups is 1. The van der Waals surface area contributed by atoms with Crippen molar-refractivity contribution in [1.82, 2.24) is 20.2 Å². The van der Waals surface area contributed by atoms with Crippen molar-refractivity contribution in [3.8, 4) is 5.75 Å². The topological polar surface area (TPSA) is 108 Å². The molecule has 2 heterocycles. The van der Waals surface area contributed by atoms with Crippen LogP contribution in [0.5, 0.6) is 5.75 Å². The number of methoxy groups -OCH3 is 1. The SMILES string of the molecule is COc1cc(C(=O)NCC2CCN(Cc3ccccc3)CC2)ccc1NC(=O)Nc1cnc(C)cn1. The lowest BCUT2D eigenvalue weighted by Crippen LogP contribution is -2.38. The van der Waals surface area contributed by atoms with Gasteiger partial charge in [-0.25, -0.2) is 9.78 Å². The lowest BCUT2D eigenvalue weighted by Gasteiger charge is -2.32. The number of anilines is 2. The highest BCUT2D eigenvalue weighted by atomic mass is 16.5. The van der Waals surface area contributed by atoms with Gasteiger partial charge >= 0.3 is 6.03 Å². The van der Waals surface area contributed by atoms with Crippen molar-refractivity contribution in [3.63, 3.8) is 0 Å². The van der Waals surface area contributed by atoms with Gasteiger partial charge in [-0.15, -0.1) is 0 Å². The highest BCUT2D eigenvalue weighted by Gasteiger charge is 2.20. The van der Waals surface area contributed by atoms with Gasteiger partial charge in [-0.3, -0.25) is 20.0 Å². The van der Waals surface area contributed by atoms with Gasteiger partial charge in [0.05, 0.1) is 30.9 Å². The van der Waals surface area contributed by atoms with E-state index in [1.165, 1.54) is 18.9 Å². The normalized spacial score (nSPS) is 14.2. The molecule has 0 unspecified atom stereocenters. The molecule has 1 aliphatic heterocycles. The van der Waals surface area contributed by atoms with Gasteiger partial charge in [0, 0.05) is 18.7 Å². The fourth-order valence-electron chi connectivity index (χ4n) is 4.19. The molecule has 0 saturated carbocycles. The third kappa shape index (κ3) is 7.02. The van der Waals surface area contributed by atoms with Gasteiger partial charge in [0.1, 0.15) is 5.75 Å². The van der Waals surface area contributed by atoms with Crippen LogP contribution in [0, 0.1) is 12.8 Å². The summed E-state index contributed by atoms with van der Waals surface area (Å²) >= 11 is 0. The molecule has 0 bridgehead atoms. The standard InChI is InChI=1S/C27H32N6O3/c1-19-15-29-25(17-28-19)32-27(35)31-23-9-8-22(14-24(23)36-2)26(34)30-16-20-10-12-33(13-11-20)18-21-6-4-3-5-7-21/h3-9,14-15,17,20H,10-13,16,18H2,1-2H3,(H,30,34)(H2,29,31,32,35). The maximum atomic E-state index is 12.8. The molecule has 0 spiro atoms. The number of rotatable bonds is 8. The number of amides is 3. The number of carbonyl (C=O) groups excluding carboxylic acids is 2. The minimum absolute atomic E-state index is 0.161. The summed E-state index contributed by atoms with van der Waals surface area (Å²) in [7, 11) is 1.49. The molecule has 1 aromatic heterocycles. The molecule has 3 aromatic rings. The van der Waals surface area contributed by atoms with Gasteiger partial charge in [-0.2, -0.15) is 0 Å². The van der Waals surface area contributed by atoms with Gasteiger partial charge in [0.25, 0.3) is 5.91 Å². The number of ether oxygens (including phenoxy) is 1. The first-order chi connectivity index (χ1) is 17.5. The Morgan fingerprint density at radius 1 is 1.03 bits per heavy atom. The zero-order valence-corrected chi connectivity index (χ0v) is 20.7. The van der Waals surface area contributed by atoms with Crippen LogP contribution in [0.15, 0.2) is 60.9 Å². The van der Waals surface area contributed by atoms with E-state index in [1.807, 2.05) is 13.0 Å². The van der Waals surface area contributed by atoms with Crippen LogP contribution in [0.4, 0.5) is 16.3 Å². The third-order valence-electron chi connectivity index (χ3n) is 6.24. The Kier molecular flexibility index (Phi) is 8.46. The molecule has 36 heavy (non-hydrogen) atoms. The first kappa shape index (κ1) is 25.1. The first-order valence-electron chi connectivity index (χ1n) is 12.1. The summed E-state index contributed by atoms with van der Waals surface area (Å²) in [6, 6.07) is 15.0. The van der Waals surface area contributed by atoms with E-state index in [9.17, 15) is 9.59 Å². The van der Waals surface area contributed by atoms with Crippen molar-refractivity contribution >= 4 is 23.4 Å². The van der Waals surface area contributed by atoms with Gasteiger partial charge < -0.3 is 15.4 Å². The Morgan fingerprint density at radius 3 is 2.50 bits per heavy atom. The van der Waals surface area contributed by atoms with Crippen LogP contribution >= 0.6 is 0 Å². The lowest BCUT2D eigenvalue weighted by atomic mass is 9.96. The van der Waals surface area contributed by atoms with Crippen LogP contribution < -0.4 is 20.7 Å². The van der Waals surface area contributed by atoms with Crippen molar-refractivity contribution in [2.24, 2.45) is 5.92 Å². The smallest absolute Gasteiger partial charge is 0.324 e. The molecule has 9 heteroatoms. The zero-order valence-electron chi connectivity index (χ0n) is 20.7. The van der Waals surface area contributed by atoms with E-state index in [0.29, 0.717) is 35.3 Å². The quantitative estimate of drug-likeness (QED) is 0.441. The summed E-state index contributed by atoms with van der Waals surface area (Å²) in [6.07, 6.45) is 5.16. The Bertz CT molecular complexity index is 1160. The van der Waals surface area contributed by atoms with E-state index in [4.69, 9.17) is 4.74 Å². The number of nitrogens with zero attached hydrogens (tertiary/aromatic N) is 3. The van der Waals surface area contributed by atoms with Crippen molar-refractivity contribution in [3.05, 3.63) is 77.7 Å². The maximum Gasteiger partial charge on any atom is 0.324 e. The van der Waals surface area contributed by atoms with E-state index in [1.54, 1.807) is 24.4 Å². The van der Waals surface area contributed by atoms with E-state index in [2.05, 4.69) is 55.1 Å². The number of carbonyl (C=O) groups is 2. The van der Waals surface area contributed by atoms with Gasteiger partial charge in [-0.05, 0) is 62.5 Å². The molecule has 3 N–H and O–H groups in total. The molecule has 4 rings (SSSR count). The monoisotopic (exact) mass is 488 g/mol. The molecular weight excluding hydrogens is 456 g/mol. The van der Waals surface area contributed by atoms with E-state index in [0.717, 1.165) is 38.2 Å². The van der Waals surface area contributed by atoms with Crippen molar-refractivity contribution in [1.29, 1.82) is 0 Å². The Morgan fingerprint density at radius 2 is 1.81 bits per heavy atom.